The van der Waals surface area contributed by atoms with Crippen molar-refractivity contribution in [1.82, 2.24) is 5.32 Å². The van der Waals surface area contributed by atoms with Crippen LogP contribution in [0.25, 0.3) is 0 Å². The molecule has 6 nitrogen and oxygen atoms in total. The SMILES string of the molecule is CN=C(NCC1(c2ccc(F)cc2)CCOCC1)Nc1ccc(OC)c(OC)c1. The summed E-state index contributed by atoms with van der Waals surface area (Å²) in [4.78, 5) is 4.34. The number of halogens is 1. The van der Waals surface area contributed by atoms with E-state index in [0.717, 1.165) is 24.1 Å². The number of nitrogens with zero attached hydrogens (tertiary/aromatic N) is 1. The van der Waals surface area contributed by atoms with Gasteiger partial charge in [-0.25, -0.2) is 4.39 Å². The molecule has 1 heterocycles. The molecule has 2 N–H and O–H groups in total. The first kappa shape index (κ1) is 20.9. The third kappa shape index (κ3) is 4.98. The number of hydrogen-bond acceptors (Lipinski definition) is 4. The Bertz CT molecular complexity index is 834. The lowest BCUT2D eigenvalue weighted by atomic mass is 9.74. The van der Waals surface area contributed by atoms with E-state index in [-0.39, 0.29) is 11.2 Å². The zero-order chi connectivity index (χ0) is 20.7. The van der Waals surface area contributed by atoms with Gasteiger partial charge in [-0.3, -0.25) is 4.99 Å². The highest BCUT2D eigenvalue weighted by Gasteiger charge is 2.34. The molecule has 3 rings (SSSR count). The van der Waals surface area contributed by atoms with Gasteiger partial charge in [0, 0.05) is 44.0 Å². The fraction of sp³-hybridized carbons (Fsp3) is 0.409. The van der Waals surface area contributed by atoms with Crippen LogP contribution in [0.2, 0.25) is 0 Å². The lowest BCUT2D eigenvalue weighted by Gasteiger charge is -2.38. The summed E-state index contributed by atoms with van der Waals surface area (Å²) in [6.45, 7) is 2.02. The Morgan fingerprint density at radius 2 is 1.76 bits per heavy atom. The van der Waals surface area contributed by atoms with Crippen LogP contribution in [-0.2, 0) is 10.2 Å². The molecule has 0 unspecified atom stereocenters. The van der Waals surface area contributed by atoms with E-state index in [1.54, 1.807) is 21.3 Å². The molecular formula is C22H28FN3O3. The molecule has 7 heteroatoms. The number of hydrogen-bond donors (Lipinski definition) is 2. The van der Waals surface area contributed by atoms with Gasteiger partial charge in [0.15, 0.2) is 17.5 Å². The smallest absolute Gasteiger partial charge is 0.195 e. The van der Waals surface area contributed by atoms with E-state index in [9.17, 15) is 4.39 Å². The third-order valence-electron chi connectivity index (χ3n) is 5.37. The molecule has 0 aromatic heterocycles. The van der Waals surface area contributed by atoms with Gasteiger partial charge >= 0.3 is 0 Å². The van der Waals surface area contributed by atoms with Crippen molar-refractivity contribution in [3.8, 4) is 11.5 Å². The minimum atomic E-state index is -0.227. The standard InChI is InChI=1S/C22H28FN3O3/c1-24-21(26-18-8-9-19(27-2)20(14-18)28-3)25-15-22(10-12-29-13-11-22)16-4-6-17(23)7-5-16/h4-9,14H,10-13,15H2,1-3H3,(H2,24,25,26). The van der Waals surface area contributed by atoms with Gasteiger partial charge in [0.1, 0.15) is 5.82 Å². The zero-order valence-corrected chi connectivity index (χ0v) is 17.1. The fourth-order valence-electron chi connectivity index (χ4n) is 3.62. The summed E-state index contributed by atoms with van der Waals surface area (Å²) in [5.41, 5.74) is 1.80. The Morgan fingerprint density at radius 3 is 2.38 bits per heavy atom. The lowest BCUT2D eigenvalue weighted by molar-refractivity contribution is 0.0514. The summed E-state index contributed by atoms with van der Waals surface area (Å²) < 4.78 is 29.6. The van der Waals surface area contributed by atoms with Crippen LogP contribution in [0.3, 0.4) is 0 Å². The molecule has 2 aromatic carbocycles. The molecule has 1 fully saturated rings. The van der Waals surface area contributed by atoms with Crippen LogP contribution in [0.5, 0.6) is 11.5 Å². The normalized spacial score (nSPS) is 16.2. The molecule has 1 aliphatic heterocycles. The average molecular weight is 401 g/mol. The lowest BCUT2D eigenvalue weighted by Crippen LogP contribution is -2.46. The van der Waals surface area contributed by atoms with Crippen LogP contribution in [0.15, 0.2) is 47.5 Å². The number of guanidine groups is 1. The summed E-state index contributed by atoms with van der Waals surface area (Å²) in [6.07, 6.45) is 1.72. The first-order valence-corrected chi connectivity index (χ1v) is 9.64. The molecular weight excluding hydrogens is 373 g/mol. The number of aliphatic imine (C=N–C) groups is 1. The maximum absolute atomic E-state index is 13.4. The maximum atomic E-state index is 13.4. The molecule has 0 amide bonds. The number of nitrogens with one attached hydrogen (secondary N) is 2. The maximum Gasteiger partial charge on any atom is 0.195 e. The van der Waals surface area contributed by atoms with Crippen molar-refractivity contribution in [1.29, 1.82) is 0 Å². The molecule has 0 atom stereocenters. The number of methoxy groups -OCH3 is 2. The van der Waals surface area contributed by atoms with Gasteiger partial charge in [0.2, 0.25) is 0 Å². The van der Waals surface area contributed by atoms with Crippen LogP contribution in [0.4, 0.5) is 10.1 Å². The monoisotopic (exact) mass is 401 g/mol. The first-order valence-electron chi connectivity index (χ1n) is 9.64. The van der Waals surface area contributed by atoms with Gasteiger partial charge in [0.05, 0.1) is 14.2 Å². The van der Waals surface area contributed by atoms with E-state index in [1.807, 2.05) is 30.3 Å². The Balaban J connectivity index is 1.73. The van der Waals surface area contributed by atoms with Gasteiger partial charge in [-0.2, -0.15) is 0 Å². The van der Waals surface area contributed by atoms with E-state index < -0.39 is 0 Å². The Kier molecular flexibility index (Phi) is 6.93. The van der Waals surface area contributed by atoms with E-state index in [0.29, 0.717) is 37.2 Å². The minimum absolute atomic E-state index is 0.138. The predicted octanol–water partition coefficient (Wildman–Crippen LogP) is 3.58. The quantitative estimate of drug-likeness (QED) is 0.572. The number of anilines is 1. The van der Waals surface area contributed by atoms with E-state index in [1.165, 1.54) is 12.1 Å². The Hall–Kier alpha value is -2.80. The molecule has 0 bridgehead atoms. The largest absolute Gasteiger partial charge is 0.493 e. The van der Waals surface area contributed by atoms with Gasteiger partial charge in [-0.05, 0) is 42.7 Å². The number of ether oxygens (including phenoxy) is 3. The Morgan fingerprint density at radius 1 is 1.07 bits per heavy atom. The molecule has 29 heavy (non-hydrogen) atoms. The topological polar surface area (TPSA) is 64.1 Å². The van der Waals surface area contributed by atoms with E-state index in [4.69, 9.17) is 14.2 Å². The second-order valence-corrected chi connectivity index (χ2v) is 7.02. The molecule has 0 radical (unpaired) electrons. The molecule has 156 valence electrons. The molecule has 1 aliphatic rings. The average Bonchev–Trinajstić information content (AvgIpc) is 2.77. The van der Waals surface area contributed by atoms with Crippen LogP contribution in [-0.4, -0.2) is 47.0 Å². The van der Waals surface area contributed by atoms with Gasteiger partial charge < -0.3 is 24.8 Å². The highest BCUT2D eigenvalue weighted by Crippen LogP contribution is 2.34. The van der Waals surface area contributed by atoms with E-state index >= 15 is 0 Å². The van der Waals surface area contributed by atoms with Crippen molar-refractivity contribution in [2.45, 2.75) is 18.3 Å². The van der Waals surface area contributed by atoms with E-state index in [2.05, 4.69) is 15.6 Å². The van der Waals surface area contributed by atoms with Crippen molar-refractivity contribution < 1.29 is 18.6 Å². The van der Waals surface area contributed by atoms with Crippen molar-refractivity contribution in [3.05, 3.63) is 53.8 Å². The molecule has 0 spiro atoms. The van der Waals surface area contributed by atoms with Crippen molar-refractivity contribution in [2.24, 2.45) is 4.99 Å². The van der Waals surface area contributed by atoms with Gasteiger partial charge in [-0.1, -0.05) is 12.1 Å². The third-order valence-corrected chi connectivity index (χ3v) is 5.37. The highest BCUT2D eigenvalue weighted by atomic mass is 19.1. The molecule has 1 saturated heterocycles. The second kappa shape index (κ2) is 9.60. The summed E-state index contributed by atoms with van der Waals surface area (Å²) in [5.74, 6) is 1.72. The van der Waals surface area contributed by atoms with Crippen molar-refractivity contribution in [3.63, 3.8) is 0 Å². The highest BCUT2D eigenvalue weighted by molar-refractivity contribution is 5.93. The number of rotatable bonds is 6. The number of benzene rings is 2. The molecule has 0 saturated carbocycles. The summed E-state index contributed by atoms with van der Waals surface area (Å²) in [7, 11) is 4.94. The van der Waals surface area contributed by atoms with Crippen molar-refractivity contribution in [2.75, 3.05) is 46.3 Å². The molecule has 2 aromatic rings. The van der Waals surface area contributed by atoms with Crippen LogP contribution >= 0.6 is 0 Å². The zero-order valence-electron chi connectivity index (χ0n) is 17.1. The Labute approximate surface area is 171 Å². The van der Waals surface area contributed by atoms with Crippen LogP contribution in [0, 0.1) is 5.82 Å². The summed E-state index contributed by atoms with van der Waals surface area (Å²) >= 11 is 0. The summed E-state index contributed by atoms with van der Waals surface area (Å²) in [6, 6.07) is 12.4. The van der Waals surface area contributed by atoms with Gasteiger partial charge in [-0.15, -0.1) is 0 Å². The summed E-state index contributed by atoms with van der Waals surface area (Å²) in [5, 5.41) is 6.71. The molecule has 0 aliphatic carbocycles. The minimum Gasteiger partial charge on any atom is -0.493 e. The van der Waals surface area contributed by atoms with Crippen LogP contribution < -0.4 is 20.1 Å². The van der Waals surface area contributed by atoms with Gasteiger partial charge in [0.25, 0.3) is 0 Å². The van der Waals surface area contributed by atoms with Crippen molar-refractivity contribution >= 4 is 11.6 Å². The second-order valence-electron chi connectivity index (χ2n) is 7.02. The predicted molar refractivity (Wildman–Crippen MR) is 113 cm³/mol. The van der Waals surface area contributed by atoms with Crippen LogP contribution in [0.1, 0.15) is 18.4 Å². The fourth-order valence-corrected chi connectivity index (χ4v) is 3.62. The first-order chi connectivity index (χ1) is 14.1.